The van der Waals surface area contributed by atoms with Crippen molar-refractivity contribution in [2.24, 2.45) is 0 Å². The van der Waals surface area contributed by atoms with Gasteiger partial charge in [-0.1, -0.05) is 23.7 Å². The first-order valence-corrected chi connectivity index (χ1v) is 8.98. The van der Waals surface area contributed by atoms with Crippen molar-refractivity contribution in [3.63, 3.8) is 0 Å². The molecule has 2 aromatic rings. The number of benzene rings is 1. The fourth-order valence-corrected chi connectivity index (χ4v) is 3.39. The van der Waals surface area contributed by atoms with Gasteiger partial charge in [0.25, 0.3) is 5.91 Å². The topological polar surface area (TPSA) is 42.4 Å². The summed E-state index contributed by atoms with van der Waals surface area (Å²) >= 11 is 7.65. The molecule has 1 atom stereocenters. The van der Waals surface area contributed by atoms with E-state index < -0.39 is 0 Å². The number of carbonyl (C=O) groups excluding carboxylic acids is 1. The van der Waals surface area contributed by atoms with Gasteiger partial charge in [0.15, 0.2) is 0 Å². The van der Waals surface area contributed by atoms with Crippen LogP contribution in [-0.4, -0.2) is 41.2 Å². The Morgan fingerprint density at radius 2 is 2.22 bits per heavy atom. The van der Waals surface area contributed by atoms with E-state index in [4.69, 9.17) is 16.3 Å². The Balaban J connectivity index is 1.68. The third kappa shape index (κ3) is 3.62. The molecule has 0 saturated carbocycles. The van der Waals surface area contributed by atoms with Crippen LogP contribution in [0.2, 0.25) is 5.02 Å². The van der Waals surface area contributed by atoms with Gasteiger partial charge < -0.3 is 9.64 Å². The number of ether oxygens (including phenoxy) is 1. The van der Waals surface area contributed by atoms with Gasteiger partial charge in [0.1, 0.15) is 16.9 Å². The number of hydrogen-bond donors (Lipinski definition) is 0. The maximum atomic E-state index is 12.7. The highest BCUT2D eigenvalue weighted by Crippen LogP contribution is 2.27. The van der Waals surface area contributed by atoms with Crippen molar-refractivity contribution < 1.29 is 9.53 Å². The van der Waals surface area contributed by atoms with Crippen molar-refractivity contribution in [1.29, 1.82) is 0 Å². The summed E-state index contributed by atoms with van der Waals surface area (Å²) in [4.78, 5) is 19.5. The number of carbonyl (C=O) groups is 1. The highest BCUT2D eigenvalue weighted by molar-refractivity contribution is 7.98. The van der Waals surface area contributed by atoms with E-state index >= 15 is 0 Å². The molecule has 0 aliphatic carbocycles. The van der Waals surface area contributed by atoms with Gasteiger partial charge in [0.2, 0.25) is 0 Å². The van der Waals surface area contributed by atoms with Crippen LogP contribution in [-0.2, 0) is 0 Å². The second-order valence-electron chi connectivity index (χ2n) is 5.29. The molecule has 0 radical (unpaired) electrons. The first-order valence-electron chi connectivity index (χ1n) is 7.37. The first-order chi connectivity index (χ1) is 11.2. The lowest BCUT2D eigenvalue weighted by Gasteiger charge is -2.18. The summed E-state index contributed by atoms with van der Waals surface area (Å²) < 4.78 is 5.91. The number of aromatic nitrogens is 1. The van der Waals surface area contributed by atoms with Crippen LogP contribution in [0.25, 0.3) is 0 Å². The fourth-order valence-electron chi connectivity index (χ4n) is 2.64. The third-order valence-electron chi connectivity index (χ3n) is 3.80. The summed E-state index contributed by atoms with van der Waals surface area (Å²) in [7, 11) is 0. The Morgan fingerprint density at radius 1 is 1.39 bits per heavy atom. The van der Waals surface area contributed by atoms with Crippen LogP contribution in [0.1, 0.15) is 16.8 Å². The molecule has 0 spiro atoms. The molecule has 1 aliphatic rings. The van der Waals surface area contributed by atoms with Gasteiger partial charge in [-0.25, -0.2) is 0 Å². The van der Waals surface area contributed by atoms with Crippen molar-refractivity contribution in [2.75, 3.05) is 19.3 Å². The van der Waals surface area contributed by atoms with Gasteiger partial charge in [-0.15, -0.1) is 11.8 Å². The largest absolute Gasteiger partial charge is 0.487 e. The molecule has 3 rings (SSSR count). The molecule has 6 heteroatoms. The summed E-state index contributed by atoms with van der Waals surface area (Å²) in [6.45, 7) is 1.26. The van der Waals surface area contributed by atoms with Crippen LogP contribution in [0.15, 0.2) is 47.6 Å². The molecule has 4 nitrogen and oxygen atoms in total. The lowest BCUT2D eigenvalue weighted by Crippen LogP contribution is -2.31. The molecule has 1 amide bonds. The van der Waals surface area contributed by atoms with Crippen LogP contribution in [0, 0.1) is 0 Å². The predicted octanol–water partition coefficient (Wildman–Crippen LogP) is 3.75. The third-order valence-corrected chi connectivity index (χ3v) is 4.88. The summed E-state index contributed by atoms with van der Waals surface area (Å²) in [5.41, 5.74) is 0.752. The average molecular weight is 349 g/mol. The zero-order chi connectivity index (χ0) is 16.2. The molecular formula is C17H17ClN2O2S. The average Bonchev–Trinajstić information content (AvgIpc) is 3.05. The number of halogens is 1. The maximum Gasteiger partial charge on any atom is 0.255 e. The number of thioether (sulfide) groups is 1. The lowest BCUT2D eigenvalue weighted by molar-refractivity contribution is 0.0769. The summed E-state index contributed by atoms with van der Waals surface area (Å²) in [5, 5.41) is 0.491. The fraction of sp³-hybridized carbons (Fsp3) is 0.294. The van der Waals surface area contributed by atoms with Gasteiger partial charge in [-0.05, 0) is 18.4 Å². The first kappa shape index (κ1) is 16.1. The molecule has 0 N–H and O–H groups in total. The molecule has 2 heterocycles. The van der Waals surface area contributed by atoms with Crippen molar-refractivity contribution in [2.45, 2.75) is 17.4 Å². The lowest BCUT2D eigenvalue weighted by atomic mass is 10.2. The van der Waals surface area contributed by atoms with Crippen LogP contribution in [0.3, 0.4) is 0 Å². The zero-order valence-corrected chi connectivity index (χ0v) is 14.3. The number of rotatable bonds is 4. The minimum Gasteiger partial charge on any atom is -0.487 e. The summed E-state index contributed by atoms with van der Waals surface area (Å²) in [6.07, 6.45) is 5.94. The quantitative estimate of drug-likeness (QED) is 0.789. The number of hydrogen-bond acceptors (Lipinski definition) is 4. The van der Waals surface area contributed by atoms with Crippen molar-refractivity contribution in [3.8, 4) is 5.75 Å². The van der Waals surface area contributed by atoms with Crippen molar-refractivity contribution in [3.05, 3.63) is 53.3 Å². The molecule has 1 fully saturated rings. The SMILES string of the molecule is CSc1ccccc1C(=O)N1CC[C@@H](Oc2ccncc2Cl)C1. The van der Waals surface area contributed by atoms with E-state index in [-0.39, 0.29) is 12.0 Å². The van der Waals surface area contributed by atoms with E-state index in [2.05, 4.69) is 4.98 Å². The Labute approximate surface area is 144 Å². The van der Waals surface area contributed by atoms with Gasteiger partial charge in [-0.2, -0.15) is 0 Å². The monoisotopic (exact) mass is 348 g/mol. The van der Waals surface area contributed by atoms with Crippen LogP contribution >= 0.6 is 23.4 Å². The van der Waals surface area contributed by atoms with E-state index in [1.165, 1.54) is 0 Å². The second-order valence-corrected chi connectivity index (χ2v) is 6.54. The summed E-state index contributed by atoms with van der Waals surface area (Å²) in [6, 6.07) is 9.44. The van der Waals surface area contributed by atoms with Crippen LogP contribution < -0.4 is 4.74 Å². The number of likely N-dealkylation sites (tertiary alicyclic amines) is 1. The minimum atomic E-state index is -0.0414. The van der Waals surface area contributed by atoms with Gasteiger partial charge in [-0.3, -0.25) is 9.78 Å². The smallest absolute Gasteiger partial charge is 0.255 e. The van der Waals surface area contributed by atoms with Crippen LogP contribution in [0.5, 0.6) is 5.75 Å². The minimum absolute atomic E-state index is 0.0414. The normalized spacial score (nSPS) is 17.3. The van der Waals surface area contributed by atoms with E-state index in [0.29, 0.717) is 23.9 Å². The number of pyridine rings is 1. The Hall–Kier alpha value is -1.72. The van der Waals surface area contributed by atoms with E-state index in [1.54, 1.807) is 30.2 Å². The molecule has 1 aliphatic heterocycles. The van der Waals surface area contributed by atoms with Crippen molar-refractivity contribution >= 4 is 29.3 Å². The predicted molar refractivity (Wildman–Crippen MR) is 92.4 cm³/mol. The maximum absolute atomic E-state index is 12.7. The number of nitrogens with zero attached hydrogens (tertiary/aromatic N) is 2. The molecule has 0 unspecified atom stereocenters. The highest BCUT2D eigenvalue weighted by Gasteiger charge is 2.29. The molecule has 1 aromatic heterocycles. The Morgan fingerprint density at radius 3 is 3.00 bits per heavy atom. The highest BCUT2D eigenvalue weighted by atomic mass is 35.5. The number of amides is 1. The molecule has 120 valence electrons. The van der Waals surface area contributed by atoms with Crippen LogP contribution in [0.4, 0.5) is 0 Å². The van der Waals surface area contributed by atoms with E-state index in [9.17, 15) is 4.79 Å². The molecule has 23 heavy (non-hydrogen) atoms. The molecule has 0 bridgehead atoms. The van der Waals surface area contributed by atoms with Gasteiger partial charge in [0, 0.05) is 36.3 Å². The standard InChI is InChI=1S/C17H17ClN2O2S/c1-23-16-5-3-2-4-13(16)17(21)20-9-7-12(11-20)22-15-6-8-19-10-14(15)18/h2-6,8,10,12H,7,9,11H2,1H3/t12-/m1/s1. The molecule has 1 aromatic carbocycles. The Bertz CT molecular complexity index is 710. The zero-order valence-electron chi connectivity index (χ0n) is 12.7. The second kappa shape index (κ2) is 7.23. The van der Waals surface area contributed by atoms with E-state index in [0.717, 1.165) is 16.9 Å². The Kier molecular flexibility index (Phi) is 5.08. The van der Waals surface area contributed by atoms with Gasteiger partial charge >= 0.3 is 0 Å². The summed E-state index contributed by atoms with van der Waals surface area (Å²) in [5.74, 6) is 0.673. The van der Waals surface area contributed by atoms with Crippen molar-refractivity contribution in [1.82, 2.24) is 9.88 Å². The van der Waals surface area contributed by atoms with E-state index in [1.807, 2.05) is 35.4 Å². The molecular weight excluding hydrogens is 332 g/mol. The molecule has 1 saturated heterocycles. The van der Waals surface area contributed by atoms with Gasteiger partial charge in [0.05, 0.1) is 12.1 Å².